The Hall–Kier alpha value is -0.770. The number of nitrogen functional groups attached to an aromatic ring is 1. The lowest BCUT2D eigenvalue weighted by molar-refractivity contribution is 0.593. The van der Waals surface area contributed by atoms with Crippen molar-refractivity contribution >= 4 is 21.5 Å². The zero-order chi connectivity index (χ0) is 8.97. The number of hydrogen-bond acceptors (Lipinski definition) is 4. The number of rotatable bonds is 4. The van der Waals surface area contributed by atoms with Crippen LogP contribution in [0.5, 0.6) is 0 Å². The maximum absolute atomic E-state index is 5.53. The topological polar surface area (TPSA) is 50.9 Å². The van der Waals surface area contributed by atoms with Gasteiger partial charge in [0.25, 0.3) is 0 Å². The Bertz CT molecular complexity index is 234. The second kappa shape index (κ2) is 4.30. The first-order chi connectivity index (χ1) is 5.72. The molecule has 0 bridgehead atoms. The number of hydrogen-bond donors (Lipinski definition) is 2. The molecule has 3 nitrogen and oxygen atoms in total. The van der Waals surface area contributed by atoms with Crippen molar-refractivity contribution in [2.45, 2.75) is 20.3 Å². The molecule has 0 fully saturated rings. The van der Waals surface area contributed by atoms with Gasteiger partial charge in [0.2, 0.25) is 0 Å². The molecular formula is C8H15N3S. The molecule has 0 amide bonds. The first-order valence-corrected chi connectivity index (χ1v) is 4.99. The Labute approximate surface area is 77.0 Å². The van der Waals surface area contributed by atoms with Gasteiger partial charge in [0, 0.05) is 6.54 Å². The number of nitrogens with two attached hydrogens (primary N) is 1. The van der Waals surface area contributed by atoms with Gasteiger partial charge >= 0.3 is 0 Å². The highest BCUT2D eigenvalue weighted by Crippen LogP contribution is 2.19. The van der Waals surface area contributed by atoms with Gasteiger partial charge in [-0.2, -0.15) is 0 Å². The summed E-state index contributed by atoms with van der Waals surface area (Å²) in [6.07, 6.45) is 2.87. The molecule has 3 N–H and O–H groups in total. The van der Waals surface area contributed by atoms with Crippen LogP contribution >= 0.6 is 11.3 Å². The molecule has 4 heteroatoms. The molecule has 0 spiro atoms. The Morgan fingerprint density at radius 1 is 1.75 bits per heavy atom. The van der Waals surface area contributed by atoms with Gasteiger partial charge in [0.15, 0.2) is 5.13 Å². The van der Waals surface area contributed by atoms with E-state index in [2.05, 4.69) is 24.1 Å². The number of anilines is 2. The largest absolute Gasteiger partial charge is 0.389 e. The van der Waals surface area contributed by atoms with Gasteiger partial charge in [0.1, 0.15) is 5.00 Å². The fraction of sp³-hybridized carbons (Fsp3) is 0.625. The van der Waals surface area contributed by atoms with Gasteiger partial charge in [0.05, 0.1) is 6.20 Å². The second-order valence-corrected chi connectivity index (χ2v) is 4.02. The number of nitrogens with one attached hydrogen (secondary N) is 1. The standard InChI is InChI=1S/C8H15N3S/c1-3-6(2)4-10-8-11-5-7(9)12-8/h5-6H,3-4,9H2,1-2H3,(H,10,11). The van der Waals surface area contributed by atoms with Crippen LogP contribution in [0.2, 0.25) is 0 Å². The molecule has 12 heavy (non-hydrogen) atoms. The molecule has 1 atom stereocenters. The molecule has 0 saturated heterocycles. The van der Waals surface area contributed by atoms with Gasteiger partial charge in [-0.1, -0.05) is 31.6 Å². The Balaban J connectivity index is 2.33. The van der Waals surface area contributed by atoms with Crippen molar-refractivity contribution in [1.82, 2.24) is 4.98 Å². The summed E-state index contributed by atoms with van der Waals surface area (Å²) in [5.41, 5.74) is 5.53. The highest BCUT2D eigenvalue weighted by atomic mass is 32.1. The third-order valence-corrected chi connectivity index (χ3v) is 2.61. The van der Waals surface area contributed by atoms with E-state index in [1.165, 1.54) is 17.8 Å². The van der Waals surface area contributed by atoms with Crippen LogP contribution in [0.1, 0.15) is 20.3 Å². The van der Waals surface area contributed by atoms with Gasteiger partial charge < -0.3 is 11.1 Å². The average Bonchev–Trinajstić information content (AvgIpc) is 2.47. The van der Waals surface area contributed by atoms with Crippen LogP contribution in [0.4, 0.5) is 10.1 Å². The molecule has 1 aromatic heterocycles. The zero-order valence-electron chi connectivity index (χ0n) is 7.50. The minimum atomic E-state index is 0.690. The van der Waals surface area contributed by atoms with Crippen LogP contribution in [0.3, 0.4) is 0 Å². The Morgan fingerprint density at radius 2 is 2.50 bits per heavy atom. The number of nitrogens with zero attached hydrogens (tertiary/aromatic N) is 1. The maximum atomic E-state index is 5.53. The van der Waals surface area contributed by atoms with E-state index in [4.69, 9.17) is 5.73 Å². The molecule has 1 rings (SSSR count). The summed E-state index contributed by atoms with van der Waals surface area (Å²) in [6, 6.07) is 0. The van der Waals surface area contributed by atoms with E-state index >= 15 is 0 Å². The molecule has 0 aromatic carbocycles. The van der Waals surface area contributed by atoms with Crippen LogP contribution in [-0.4, -0.2) is 11.5 Å². The van der Waals surface area contributed by atoms with Crippen LogP contribution in [0.25, 0.3) is 0 Å². The SMILES string of the molecule is CCC(C)CNc1ncc(N)s1. The lowest BCUT2D eigenvalue weighted by atomic mass is 10.1. The molecule has 1 heterocycles. The van der Waals surface area contributed by atoms with E-state index in [1.807, 2.05) is 0 Å². The molecular weight excluding hydrogens is 170 g/mol. The quantitative estimate of drug-likeness (QED) is 0.756. The van der Waals surface area contributed by atoms with E-state index in [1.54, 1.807) is 6.20 Å². The van der Waals surface area contributed by atoms with Crippen molar-refractivity contribution in [1.29, 1.82) is 0 Å². The van der Waals surface area contributed by atoms with E-state index in [0.29, 0.717) is 5.92 Å². The van der Waals surface area contributed by atoms with Crippen molar-refractivity contribution in [2.24, 2.45) is 5.92 Å². The average molecular weight is 185 g/mol. The van der Waals surface area contributed by atoms with E-state index in [0.717, 1.165) is 16.7 Å². The molecule has 1 unspecified atom stereocenters. The molecule has 0 aliphatic carbocycles. The van der Waals surface area contributed by atoms with Crippen molar-refractivity contribution in [3.8, 4) is 0 Å². The summed E-state index contributed by atoms with van der Waals surface area (Å²) in [5.74, 6) is 0.690. The summed E-state index contributed by atoms with van der Waals surface area (Å²) in [7, 11) is 0. The van der Waals surface area contributed by atoms with Gasteiger partial charge in [-0.05, 0) is 5.92 Å². The van der Waals surface area contributed by atoms with Crippen molar-refractivity contribution in [3.63, 3.8) is 0 Å². The summed E-state index contributed by atoms with van der Waals surface area (Å²) < 4.78 is 0. The van der Waals surface area contributed by atoms with Gasteiger partial charge in [-0.3, -0.25) is 0 Å². The molecule has 0 saturated carbocycles. The Morgan fingerprint density at radius 3 is 3.00 bits per heavy atom. The summed E-state index contributed by atoms with van der Waals surface area (Å²) in [6.45, 7) is 5.37. The summed E-state index contributed by atoms with van der Waals surface area (Å²) in [4.78, 5) is 4.10. The lowest BCUT2D eigenvalue weighted by Crippen LogP contribution is -2.09. The molecule has 0 aliphatic heterocycles. The zero-order valence-corrected chi connectivity index (χ0v) is 8.32. The third kappa shape index (κ3) is 2.70. The third-order valence-electron chi connectivity index (χ3n) is 1.82. The second-order valence-electron chi connectivity index (χ2n) is 2.96. The minimum Gasteiger partial charge on any atom is -0.389 e. The Kier molecular flexibility index (Phi) is 3.34. The van der Waals surface area contributed by atoms with Crippen LogP contribution in [0.15, 0.2) is 6.20 Å². The van der Waals surface area contributed by atoms with Crippen LogP contribution < -0.4 is 11.1 Å². The fourth-order valence-corrected chi connectivity index (χ4v) is 1.36. The summed E-state index contributed by atoms with van der Waals surface area (Å²) >= 11 is 1.50. The van der Waals surface area contributed by atoms with Gasteiger partial charge in [-0.25, -0.2) is 4.98 Å². The van der Waals surface area contributed by atoms with Crippen LogP contribution in [-0.2, 0) is 0 Å². The van der Waals surface area contributed by atoms with Crippen molar-refractivity contribution in [2.75, 3.05) is 17.6 Å². The number of aromatic nitrogens is 1. The summed E-state index contributed by atoms with van der Waals surface area (Å²) in [5, 5.41) is 4.93. The smallest absolute Gasteiger partial charge is 0.184 e. The van der Waals surface area contributed by atoms with E-state index in [-0.39, 0.29) is 0 Å². The van der Waals surface area contributed by atoms with Crippen molar-refractivity contribution in [3.05, 3.63) is 6.20 Å². The highest BCUT2D eigenvalue weighted by molar-refractivity contribution is 7.19. The first kappa shape index (κ1) is 9.32. The lowest BCUT2D eigenvalue weighted by Gasteiger charge is -2.07. The normalized spacial score (nSPS) is 12.8. The van der Waals surface area contributed by atoms with Crippen LogP contribution in [0, 0.1) is 5.92 Å². The van der Waals surface area contributed by atoms with Gasteiger partial charge in [-0.15, -0.1) is 0 Å². The highest BCUT2D eigenvalue weighted by Gasteiger charge is 2.00. The molecule has 0 aliphatic rings. The maximum Gasteiger partial charge on any atom is 0.184 e. The molecule has 1 aromatic rings. The fourth-order valence-electron chi connectivity index (χ4n) is 0.774. The predicted octanol–water partition coefficient (Wildman–Crippen LogP) is 2.18. The first-order valence-electron chi connectivity index (χ1n) is 4.17. The van der Waals surface area contributed by atoms with Crippen molar-refractivity contribution < 1.29 is 0 Å². The molecule has 0 radical (unpaired) electrons. The monoisotopic (exact) mass is 185 g/mol. The molecule has 68 valence electrons. The van der Waals surface area contributed by atoms with E-state index in [9.17, 15) is 0 Å². The number of thiazole rings is 1. The van der Waals surface area contributed by atoms with E-state index < -0.39 is 0 Å². The predicted molar refractivity (Wildman–Crippen MR) is 54.5 cm³/mol. The minimum absolute atomic E-state index is 0.690.